The summed E-state index contributed by atoms with van der Waals surface area (Å²) in [6.45, 7) is 0. The minimum absolute atomic E-state index is 0. The van der Waals surface area contributed by atoms with Crippen molar-refractivity contribution in [3.05, 3.63) is 29.8 Å². The van der Waals surface area contributed by atoms with Crippen molar-refractivity contribution in [3.63, 3.8) is 0 Å². The summed E-state index contributed by atoms with van der Waals surface area (Å²) in [5, 5.41) is 7.07. The summed E-state index contributed by atoms with van der Waals surface area (Å²) in [7, 11) is 0. The Hall–Kier alpha value is -1.22. The third-order valence-electron chi connectivity index (χ3n) is 1.25. The number of para-hydroxylation sites is 1. The summed E-state index contributed by atoms with van der Waals surface area (Å²) < 4.78 is 0. The van der Waals surface area contributed by atoms with Crippen LogP contribution < -0.4 is 11.5 Å². The lowest BCUT2D eigenvalue weighted by Gasteiger charge is -2.00. The van der Waals surface area contributed by atoms with Crippen molar-refractivity contribution in [1.82, 2.24) is 0 Å². The number of rotatable bonds is 1. The molecule has 0 atom stereocenters. The first-order chi connectivity index (χ1) is 4.72. The van der Waals surface area contributed by atoms with E-state index in [9.17, 15) is 0 Å². The van der Waals surface area contributed by atoms with Crippen LogP contribution in [-0.2, 0) is 0 Å². The summed E-state index contributed by atoms with van der Waals surface area (Å²) in [5.74, 6) is 0.0121. The highest BCUT2D eigenvalue weighted by Gasteiger charge is 1.97. The molecule has 0 spiro atoms. The Bertz CT molecular complexity index is 260. The fraction of sp³-hybridized carbons (Fsp3) is 0. The van der Waals surface area contributed by atoms with E-state index in [-0.39, 0.29) is 18.2 Å². The first kappa shape index (κ1) is 9.78. The zero-order valence-electron chi connectivity index (χ0n) is 5.87. The van der Waals surface area contributed by atoms with Gasteiger partial charge in [-0.1, -0.05) is 12.1 Å². The van der Waals surface area contributed by atoms with Gasteiger partial charge in [0.05, 0.1) is 0 Å². The van der Waals surface area contributed by atoms with Crippen LogP contribution >= 0.6 is 12.4 Å². The Morgan fingerprint density at radius 3 is 2.18 bits per heavy atom. The van der Waals surface area contributed by atoms with E-state index in [1.165, 1.54) is 0 Å². The molecule has 0 aliphatic rings. The fourth-order valence-electron chi connectivity index (χ4n) is 0.742. The van der Waals surface area contributed by atoms with Gasteiger partial charge in [0.15, 0.2) is 0 Å². The van der Waals surface area contributed by atoms with Gasteiger partial charge >= 0.3 is 0 Å². The number of nitrogens with one attached hydrogen (secondary N) is 1. The number of nitrogens with two attached hydrogens (primary N) is 2. The van der Waals surface area contributed by atoms with E-state index in [1.54, 1.807) is 18.2 Å². The summed E-state index contributed by atoms with van der Waals surface area (Å²) in [6, 6.07) is 7.04. The van der Waals surface area contributed by atoms with E-state index >= 15 is 0 Å². The van der Waals surface area contributed by atoms with Crippen LogP contribution in [0.4, 0.5) is 5.69 Å². The predicted octanol–water partition coefficient (Wildman–Crippen LogP) is 0.975. The quantitative estimate of drug-likeness (QED) is 0.335. The Labute approximate surface area is 71.3 Å². The van der Waals surface area contributed by atoms with E-state index < -0.39 is 0 Å². The van der Waals surface area contributed by atoms with E-state index in [1.807, 2.05) is 6.07 Å². The van der Waals surface area contributed by atoms with Gasteiger partial charge < -0.3 is 11.5 Å². The van der Waals surface area contributed by atoms with Crippen molar-refractivity contribution in [1.29, 1.82) is 5.41 Å². The van der Waals surface area contributed by atoms with Gasteiger partial charge in [-0.25, -0.2) is 0 Å². The molecule has 0 saturated heterocycles. The van der Waals surface area contributed by atoms with Crippen molar-refractivity contribution in [2.75, 3.05) is 5.73 Å². The van der Waals surface area contributed by atoms with Crippen molar-refractivity contribution in [2.45, 2.75) is 0 Å². The zero-order valence-corrected chi connectivity index (χ0v) is 6.69. The fourth-order valence-corrected chi connectivity index (χ4v) is 0.742. The van der Waals surface area contributed by atoms with Crippen molar-refractivity contribution in [3.8, 4) is 0 Å². The molecule has 0 fully saturated rings. The maximum Gasteiger partial charge on any atom is 0.124 e. The van der Waals surface area contributed by atoms with Crippen LogP contribution in [0.2, 0.25) is 0 Å². The predicted molar refractivity (Wildman–Crippen MR) is 49.1 cm³/mol. The van der Waals surface area contributed by atoms with Crippen LogP contribution in [0.1, 0.15) is 5.56 Å². The average molecular weight is 172 g/mol. The maximum atomic E-state index is 7.07. The van der Waals surface area contributed by atoms with Gasteiger partial charge in [-0.15, -0.1) is 12.4 Å². The lowest BCUT2D eigenvalue weighted by atomic mass is 10.2. The molecule has 1 aromatic carbocycles. The molecule has 5 N–H and O–H groups in total. The molecule has 0 bridgehead atoms. The number of halogens is 1. The van der Waals surface area contributed by atoms with Crippen LogP contribution in [0.3, 0.4) is 0 Å². The highest BCUT2D eigenvalue weighted by molar-refractivity contribution is 5.99. The van der Waals surface area contributed by atoms with Crippen LogP contribution in [0.25, 0.3) is 0 Å². The number of hydrogen-bond acceptors (Lipinski definition) is 2. The second-order valence-electron chi connectivity index (χ2n) is 2.00. The smallest absolute Gasteiger partial charge is 0.124 e. The van der Waals surface area contributed by atoms with Gasteiger partial charge in [-0.05, 0) is 12.1 Å². The largest absolute Gasteiger partial charge is 0.398 e. The first-order valence-electron chi connectivity index (χ1n) is 2.90. The molecule has 11 heavy (non-hydrogen) atoms. The van der Waals surface area contributed by atoms with Gasteiger partial charge in [-0.3, -0.25) is 5.41 Å². The molecule has 3 nitrogen and oxygen atoms in total. The second-order valence-corrected chi connectivity index (χ2v) is 2.00. The normalized spacial score (nSPS) is 8.36. The minimum atomic E-state index is 0. The van der Waals surface area contributed by atoms with Gasteiger partial charge in [0.2, 0.25) is 0 Å². The van der Waals surface area contributed by atoms with Crippen molar-refractivity contribution in [2.24, 2.45) is 5.73 Å². The van der Waals surface area contributed by atoms with E-state index in [4.69, 9.17) is 16.9 Å². The lowest BCUT2D eigenvalue weighted by molar-refractivity contribution is 1.43. The number of benzene rings is 1. The van der Waals surface area contributed by atoms with Crippen LogP contribution in [-0.4, -0.2) is 5.84 Å². The van der Waals surface area contributed by atoms with Gasteiger partial charge in [0, 0.05) is 11.3 Å². The minimum Gasteiger partial charge on any atom is -0.398 e. The molecule has 0 aromatic heterocycles. The third-order valence-corrected chi connectivity index (χ3v) is 1.25. The highest BCUT2D eigenvalue weighted by Crippen LogP contribution is 2.08. The first-order valence-corrected chi connectivity index (χ1v) is 2.90. The van der Waals surface area contributed by atoms with Crippen LogP contribution in [0.5, 0.6) is 0 Å². The van der Waals surface area contributed by atoms with E-state index in [0.717, 1.165) is 0 Å². The lowest BCUT2D eigenvalue weighted by Crippen LogP contribution is -2.12. The van der Waals surface area contributed by atoms with Gasteiger partial charge in [0.1, 0.15) is 5.84 Å². The molecule has 0 radical (unpaired) electrons. The third kappa shape index (κ3) is 2.13. The average Bonchev–Trinajstić information content (AvgIpc) is 1.88. The Morgan fingerprint density at radius 2 is 1.82 bits per heavy atom. The molecule has 0 amide bonds. The summed E-state index contributed by atoms with van der Waals surface area (Å²) in [6.07, 6.45) is 0. The Balaban J connectivity index is 0.000001000. The molecule has 0 heterocycles. The van der Waals surface area contributed by atoms with E-state index in [2.05, 4.69) is 0 Å². The molecule has 1 aromatic rings. The van der Waals surface area contributed by atoms with Crippen LogP contribution in [0, 0.1) is 5.41 Å². The standard InChI is InChI=1S/C7H9N3.ClH/c8-6-4-2-1-3-5(6)7(9)10;/h1-4H,8H2,(H3,9,10);1H. The van der Waals surface area contributed by atoms with Crippen molar-refractivity contribution >= 4 is 23.9 Å². The Morgan fingerprint density at radius 1 is 1.27 bits per heavy atom. The number of anilines is 1. The Kier molecular flexibility index (Phi) is 3.40. The molecular weight excluding hydrogens is 162 g/mol. The molecular formula is C7H10ClN3. The number of nitrogen functional groups attached to an aromatic ring is 2. The van der Waals surface area contributed by atoms with E-state index in [0.29, 0.717) is 11.3 Å². The highest BCUT2D eigenvalue weighted by atomic mass is 35.5. The zero-order chi connectivity index (χ0) is 7.56. The van der Waals surface area contributed by atoms with Gasteiger partial charge in [0.25, 0.3) is 0 Å². The molecule has 0 aliphatic heterocycles. The molecule has 1 rings (SSSR count). The maximum absolute atomic E-state index is 7.07. The SMILES string of the molecule is Cl.N=C(N)c1ccccc1N. The van der Waals surface area contributed by atoms with Crippen molar-refractivity contribution < 1.29 is 0 Å². The monoisotopic (exact) mass is 171 g/mol. The molecule has 0 unspecified atom stereocenters. The molecule has 4 heteroatoms. The van der Waals surface area contributed by atoms with Crippen LogP contribution in [0.15, 0.2) is 24.3 Å². The molecule has 60 valence electrons. The second kappa shape index (κ2) is 3.83. The summed E-state index contributed by atoms with van der Waals surface area (Å²) in [4.78, 5) is 0. The summed E-state index contributed by atoms with van der Waals surface area (Å²) in [5.41, 5.74) is 11.9. The summed E-state index contributed by atoms with van der Waals surface area (Å²) >= 11 is 0. The topological polar surface area (TPSA) is 75.9 Å². The molecule has 0 aliphatic carbocycles. The number of amidine groups is 1. The number of hydrogen-bond donors (Lipinski definition) is 3. The van der Waals surface area contributed by atoms with Gasteiger partial charge in [-0.2, -0.15) is 0 Å². The molecule has 0 saturated carbocycles.